The molecule has 0 spiro atoms. The predicted molar refractivity (Wildman–Crippen MR) is 99.4 cm³/mol. The topological polar surface area (TPSA) is 43.4 Å². The maximum Gasteiger partial charge on any atom is 0.339 e. The Balaban J connectivity index is 1.95. The lowest BCUT2D eigenvalue weighted by atomic mass is 9.93. The van der Waals surface area contributed by atoms with Crippen molar-refractivity contribution in [2.75, 3.05) is 0 Å². The van der Waals surface area contributed by atoms with E-state index in [0.29, 0.717) is 5.75 Å². The third kappa shape index (κ3) is 3.91. The summed E-state index contributed by atoms with van der Waals surface area (Å²) in [7, 11) is -3.87. The van der Waals surface area contributed by atoms with Gasteiger partial charge in [0.05, 0.1) is 0 Å². The first kappa shape index (κ1) is 17.2. The van der Waals surface area contributed by atoms with E-state index in [1.807, 2.05) is 56.3 Å². The Labute approximate surface area is 149 Å². The molecule has 0 radical (unpaired) electrons. The first-order chi connectivity index (χ1) is 12.0. The van der Waals surface area contributed by atoms with E-state index in [-0.39, 0.29) is 10.8 Å². The molecule has 3 aromatic rings. The van der Waals surface area contributed by atoms with Gasteiger partial charge in [-0.05, 0) is 30.7 Å². The van der Waals surface area contributed by atoms with E-state index in [1.165, 1.54) is 0 Å². The summed E-state index contributed by atoms with van der Waals surface area (Å²) in [5.74, 6) is 0.380. The highest BCUT2D eigenvalue weighted by Crippen LogP contribution is 2.33. The van der Waals surface area contributed by atoms with E-state index in [1.54, 1.807) is 36.4 Å². The van der Waals surface area contributed by atoms with Crippen molar-refractivity contribution in [3.8, 4) is 5.75 Å². The molecule has 0 N–H and O–H groups in total. The average Bonchev–Trinajstić information content (AvgIpc) is 2.62. The fourth-order valence-corrected chi connectivity index (χ4v) is 3.66. The summed E-state index contributed by atoms with van der Waals surface area (Å²) >= 11 is 0. The molecule has 0 bridgehead atoms. The number of hydrogen-bond acceptors (Lipinski definition) is 3. The van der Waals surface area contributed by atoms with Crippen molar-refractivity contribution >= 4 is 10.1 Å². The largest absolute Gasteiger partial charge is 0.379 e. The van der Waals surface area contributed by atoms with Crippen LogP contribution in [0.5, 0.6) is 5.75 Å². The Bertz CT molecular complexity index is 946. The number of para-hydroxylation sites is 1. The minimum absolute atomic E-state index is 0.0191. The van der Waals surface area contributed by atoms with Crippen molar-refractivity contribution in [2.24, 2.45) is 0 Å². The maximum atomic E-state index is 12.6. The van der Waals surface area contributed by atoms with Gasteiger partial charge in [0.25, 0.3) is 0 Å². The average molecular weight is 352 g/mol. The van der Waals surface area contributed by atoms with Crippen LogP contribution in [0.25, 0.3) is 0 Å². The Kier molecular flexibility index (Phi) is 4.91. The molecule has 0 heterocycles. The highest BCUT2D eigenvalue weighted by Gasteiger charge is 2.20. The molecule has 128 valence electrons. The van der Waals surface area contributed by atoms with Gasteiger partial charge in [-0.1, -0.05) is 73.2 Å². The number of rotatable bonds is 5. The number of hydrogen-bond donors (Lipinski definition) is 0. The normalized spacial score (nSPS) is 12.6. The Hall–Kier alpha value is -2.59. The fraction of sp³-hybridized carbons (Fsp3) is 0.143. The Morgan fingerprint density at radius 2 is 1.40 bits per heavy atom. The first-order valence-corrected chi connectivity index (χ1v) is 9.53. The summed E-state index contributed by atoms with van der Waals surface area (Å²) in [4.78, 5) is 0.153. The highest BCUT2D eigenvalue weighted by molar-refractivity contribution is 7.87. The molecule has 0 aliphatic heterocycles. The Morgan fingerprint density at radius 3 is 2.08 bits per heavy atom. The molecule has 0 aliphatic carbocycles. The van der Waals surface area contributed by atoms with Crippen LogP contribution in [-0.4, -0.2) is 8.42 Å². The van der Waals surface area contributed by atoms with Crippen LogP contribution in [0.1, 0.15) is 29.5 Å². The van der Waals surface area contributed by atoms with Gasteiger partial charge in [-0.2, -0.15) is 8.42 Å². The zero-order valence-corrected chi connectivity index (χ0v) is 15.0. The molecule has 4 heteroatoms. The second kappa shape index (κ2) is 7.11. The quantitative estimate of drug-likeness (QED) is 0.613. The second-order valence-electron chi connectivity index (χ2n) is 6.02. The van der Waals surface area contributed by atoms with Crippen LogP contribution in [-0.2, 0) is 10.1 Å². The monoisotopic (exact) mass is 352 g/mol. The van der Waals surface area contributed by atoms with Crippen LogP contribution in [0.4, 0.5) is 0 Å². The van der Waals surface area contributed by atoms with Crippen LogP contribution in [0, 0.1) is 6.92 Å². The molecule has 25 heavy (non-hydrogen) atoms. The van der Waals surface area contributed by atoms with Gasteiger partial charge in [-0.3, -0.25) is 0 Å². The summed E-state index contributed by atoms with van der Waals surface area (Å²) in [5, 5.41) is 0. The van der Waals surface area contributed by atoms with Gasteiger partial charge < -0.3 is 4.18 Å². The summed E-state index contributed by atoms with van der Waals surface area (Å²) in [6, 6.07) is 23.9. The van der Waals surface area contributed by atoms with Crippen LogP contribution in [0.3, 0.4) is 0 Å². The molecule has 0 aliphatic rings. The van der Waals surface area contributed by atoms with E-state index in [0.717, 1.165) is 16.7 Å². The summed E-state index contributed by atoms with van der Waals surface area (Å²) in [5.41, 5.74) is 2.94. The molecule has 0 saturated heterocycles. The van der Waals surface area contributed by atoms with Crippen molar-refractivity contribution in [3.63, 3.8) is 0 Å². The minimum atomic E-state index is -3.87. The molecule has 0 aromatic heterocycles. The van der Waals surface area contributed by atoms with Crippen LogP contribution in [0.2, 0.25) is 0 Å². The van der Waals surface area contributed by atoms with Crippen LogP contribution >= 0.6 is 0 Å². The lowest BCUT2D eigenvalue weighted by molar-refractivity contribution is 0.482. The van der Waals surface area contributed by atoms with E-state index in [4.69, 9.17) is 4.18 Å². The van der Waals surface area contributed by atoms with Gasteiger partial charge in [0, 0.05) is 11.5 Å². The van der Waals surface area contributed by atoms with Crippen LogP contribution < -0.4 is 4.18 Å². The van der Waals surface area contributed by atoms with Gasteiger partial charge in [-0.15, -0.1) is 0 Å². The lowest BCUT2D eigenvalue weighted by Gasteiger charge is -2.17. The molecule has 3 nitrogen and oxygen atoms in total. The number of aryl methyl sites for hydroxylation is 1. The molecular formula is C21H20O3S. The fourth-order valence-electron chi connectivity index (χ4n) is 2.71. The molecule has 1 atom stereocenters. The SMILES string of the molecule is Cc1ccc(S(=O)(=O)Oc2ccccc2C(C)c2ccccc2)cc1. The summed E-state index contributed by atoms with van der Waals surface area (Å²) < 4.78 is 30.7. The zero-order chi connectivity index (χ0) is 17.9. The van der Waals surface area contributed by atoms with E-state index in [9.17, 15) is 8.42 Å². The van der Waals surface area contributed by atoms with Crippen LogP contribution in [0.15, 0.2) is 83.8 Å². The minimum Gasteiger partial charge on any atom is -0.379 e. The maximum absolute atomic E-state index is 12.6. The standard InChI is InChI=1S/C21H20O3S/c1-16-12-14-19(15-13-16)25(22,23)24-21-11-7-6-10-20(21)17(2)18-8-4-3-5-9-18/h3-15,17H,1-2H3. The van der Waals surface area contributed by atoms with Gasteiger partial charge >= 0.3 is 10.1 Å². The molecule has 0 fully saturated rings. The van der Waals surface area contributed by atoms with E-state index >= 15 is 0 Å². The number of benzene rings is 3. The molecule has 3 aromatic carbocycles. The van der Waals surface area contributed by atoms with Gasteiger partial charge in [0.2, 0.25) is 0 Å². The zero-order valence-electron chi connectivity index (χ0n) is 14.2. The van der Waals surface area contributed by atoms with Crippen molar-refractivity contribution < 1.29 is 12.6 Å². The molecular weight excluding hydrogens is 332 g/mol. The third-order valence-electron chi connectivity index (χ3n) is 4.19. The lowest BCUT2D eigenvalue weighted by Crippen LogP contribution is -2.12. The van der Waals surface area contributed by atoms with Gasteiger partial charge in [0.15, 0.2) is 0 Å². The molecule has 0 saturated carbocycles. The van der Waals surface area contributed by atoms with Gasteiger partial charge in [0.1, 0.15) is 10.6 Å². The molecule has 1 unspecified atom stereocenters. The van der Waals surface area contributed by atoms with Crippen molar-refractivity contribution in [1.82, 2.24) is 0 Å². The Morgan fingerprint density at radius 1 is 0.800 bits per heavy atom. The smallest absolute Gasteiger partial charge is 0.339 e. The van der Waals surface area contributed by atoms with Crippen molar-refractivity contribution in [1.29, 1.82) is 0 Å². The highest BCUT2D eigenvalue weighted by atomic mass is 32.2. The summed E-state index contributed by atoms with van der Waals surface area (Å²) in [6.07, 6.45) is 0. The van der Waals surface area contributed by atoms with Gasteiger partial charge in [-0.25, -0.2) is 0 Å². The van der Waals surface area contributed by atoms with E-state index in [2.05, 4.69) is 0 Å². The predicted octanol–water partition coefficient (Wildman–Crippen LogP) is 4.91. The van der Waals surface area contributed by atoms with Crippen molar-refractivity contribution in [3.05, 3.63) is 95.6 Å². The molecule has 3 rings (SSSR count). The molecule has 0 amide bonds. The first-order valence-electron chi connectivity index (χ1n) is 8.12. The van der Waals surface area contributed by atoms with E-state index < -0.39 is 10.1 Å². The van der Waals surface area contributed by atoms with Crippen molar-refractivity contribution in [2.45, 2.75) is 24.7 Å². The third-order valence-corrected chi connectivity index (χ3v) is 5.44. The summed E-state index contributed by atoms with van der Waals surface area (Å²) in [6.45, 7) is 3.95. The second-order valence-corrected chi connectivity index (χ2v) is 7.57.